The van der Waals surface area contributed by atoms with Crippen molar-refractivity contribution in [2.45, 2.75) is 19.4 Å². The first-order chi connectivity index (χ1) is 6.40. The average molecular weight is 197 g/mol. The summed E-state index contributed by atoms with van der Waals surface area (Å²) in [5.41, 5.74) is 1.49. The van der Waals surface area contributed by atoms with Gasteiger partial charge in [-0.05, 0) is 29.9 Å². The standard InChI is InChI=1S/C10H15NOS/c12-6-1-4-11-5-2-10-9(8-11)3-7-13-10/h3,7,12H,1-2,4-6,8H2. The Kier molecular flexibility index (Phi) is 2.98. The van der Waals surface area contributed by atoms with Crippen LogP contribution in [0.3, 0.4) is 0 Å². The molecular weight excluding hydrogens is 182 g/mol. The van der Waals surface area contributed by atoms with Crippen LogP contribution in [-0.4, -0.2) is 29.7 Å². The summed E-state index contributed by atoms with van der Waals surface area (Å²) >= 11 is 1.88. The molecule has 0 saturated carbocycles. The lowest BCUT2D eigenvalue weighted by Crippen LogP contribution is -2.30. The first-order valence-electron chi connectivity index (χ1n) is 4.78. The highest BCUT2D eigenvalue weighted by Gasteiger charge is 2.15. The first kappa shape index (κ1) is 9.19. The number of hydrogen-bond donors (Lipinski definition) is 1. The Morgan fingerprint density at radius 1 is 1.54 bits per heavy atom. The summed E-state index contributed by atoms with van der Waals surface area (Å²) in [5.74, 6) is 0. The van der Waals surface area contributed by atoms with Crippen LogP contribution in [-0.2, 0) is 13.0 Å². The van der Waals surface area contributed by atoms with E-state index in [0.29, 0.717) is 6.61 Å². The highest BCUT2D eigenvalue weighted by atomic mass is 32.1. The number of fused-ring (bicyclic) bond motifs is 1. The van der Waals surface area contributed by atoms with Crippen molar-refractivity contribution in [1.29, 1.82) is 0 Å². The molecule has 0 fully saturated rings. The molecule has 0 spiro atoms. The molecule has 2 nitrogen and oxygen atoms in total. The molecule has 1 aromatic rings. The van der Waals surface area contributed by atoms with E-state index in [1.807, 2.05) is 11.3 Å². The molecule has 0 amide bonds. The van der Waals surface area contributed by atoms with Gasteiger partial charge in [0.05, 0.1) is 0 Å². The number of aliphatic hydroxyl groups is 1. The van der Waals surface area contributed by atoms with Gasteiger partial charge in [0.1, 0.15) is 0 Å². The van der Waals surface area contributed by atoms with Gasteiger partial charge in [0.15, 0.2) is 0 Å². The van der Waals surface area contributed by atoms with Gasteiger partial charge in [-0.15, -0.1) is 11.3 Å². The predicted molar refractivity (Wildman–Crippen MR) is 55.0 cm³/mol. The third-order valence-corrected chi connectivity index (χ3v) is 3.54. The van der Waals surface area contributed by atoms with E-state index >= 15 is 0 Å². The van der Waals surface area contributed by atoms with Crippen LogP contribution in [0.5, 0.6) is 0 Å². The quantitative estimate of drug-likeness (QED) is 0.793. The van der Waals surface area contributed by atoms with Crippen LogP contribution in [0, 0.1) is 0 Å². The number of hydrogen-bond acceptors (Lipinski definition) is 3. The summed E-state index contributed by atoms with van der Waals surface area (Å²) in [6, 6.07) is 2.23. The van der Waals surface area contributed by atoms with Crippen molar-refractivity contribution in [3.63, 3.8) is 0 Å². The fourth-order valence-electron chi connectivity index (χ4n) is 1.79. The molecule has 72 valence electrons. The van der Waals surface area contributed by atoms with Crippen LogP contribution < -0.4 is 0 Å². The van der Waals surface area contributed by atoms with Gasteiger partial charge in [-0.1, -0.05) is 0 Å². The van der Waals surface area contributed by atoms with Gasteiger partial charge < -0.3 is 5.11 Å². The topological polar surface area (TPSA) is 23.5 Å². The summed E-state index contributed by atoms with van der Waals surface area (Å²) in [4.78, 5) is 3.98. The van der Waals surface area contributed by atoms with E-state index in [9.17, 15) is 0 Å². The van der Waals surface area contributed by atoms with Crippen LogP contribution >= 0.6 is 11.3 Å². The second-order valence-corrected chi connectivity index (χ2v) is 4.47. The van der Waals surface area contributed by atoms with E-state index < -0.39 is 0 Å². The molecule has 0 saturated heterocycles. The van der Waals surface area contributed by atoms with E-state index in [1.54, 1.807) is 4.88 Å². The molecule has 0 aromatic carbocycles. The van der Waals surface area contributed by atoms with Gasteiger partial charge in [-0.2, -0.15) is 0 Å². The second-order valence-electron chi connectivity index (χ2n) is 3.47. The molecule has 1 aliphatic heterocycles. The Balaban J connectivity index is 1.93. The third-order valence-electron chi connectivity index (χ3n) is 2.52. The molecule has 0 unspecified atom stereocenters. The van der Waals surface area contributed by atoms with Gasteiger partial charge in [-0.25, -0.2) is 0 Å². The molecule has 1 N–H and O–H groups in total. The summed E-state index contributed by atoms with van der Waals surface area (Å²) < 4.78 is 0. The Hall–Kier alpha value is -0.380. The van der Waals surface area contributed by atoms with Gasteiger partial charge in [-0.3, -0.25) is 4.90 Å². The molecule has 0 bridgehead atoms. The fourth-order valence-corrected chi connectivity index (χ4v) is 2.68. The first-order valence-corrected chi connectivity index (χ1v) is 5.66. The van der Waals surface area contributed by atoms with E-state index in [0.717, 1.165) is 26.1 Å². The third kappa shape index (κ3) is 2.10. The van der Waals surface area contributed by atoms with Crippen LogP contribution in [0.25, 0.3) is 0 Å². The molecule has 2 rings (SSSR count). The van der Waals surface area contributed by atoms with E-state index in [2.05, 4.69) is 16.3 Å². The predicted octanol–water partition coefficient (Wildman–Crippen LogP) is 1.49. The monoisotopic (exact) mass is 197 g/mol. The molecule has 1 aromatic heterocycles. The Morgan fingerprint density at radius 2 is 2.46 bits per heavy atom. The molecule has 0 radical (unpaired) electrons. The van der Waals surface area contributed by atoms with Crippen molar-refractivity contribution >= 4 is 11.3 Å². The second kappa shape index (κ2) is 4.22. The summed E-state index contributed by atoms with van der Waals surface area (Å²) in [5, 5.41) is 10.9. The molecule has 3 heteroatoms. The van der Waals surface area contributed by atoms with Crippen molar-refractivity contribution < 1.29 is 5.11 Å². The highest BCUT2D eigenvalue weighted by Crippen LogP contribution is 2.23. The molecule has 13 heavy (non-hydrogen) atoms. The highest BCUT2D eigenvalue weighted by molar-refractivity contribution is 7.10. The maximum Gasteiger partial charge on any atom is 0.0443 e. The normalized spacial score (nSPS) is 17.3. The minimum absolute atomic E-state index is 0.312. The lowest BCUT2D eigenvalue weighted by molar-refractivity contribution is 0.213. The maximum absolute atomic E-state index is 8.73. The van der Waals surface area contributed by atoms with E-state index in [-0.39, 0.29) is 0 Å². The zero-order valence-corrected chi connectivity index (χ0v) is 8.52. The van der Waals surface area contributed by atoms with Gasteiger partial charge in [0.25, 0.3) is 0 Å². The largest absolute Gasteiger partial charge is 0.396 e. The van der Waals surface area contributed by atoms with Gasteiger partial charge >= 0.3 is 0 Å². The van der Waals surface area contributed by atoms with Crippen molar-refractivity contribution in [2.75, 3.05) is 19.7 Å². The Morgan fingerprint density at radius 3 is 3.31 bits per heavy atom. The van der Waals surface area contributed by atoms with Gasteiger partial charge in [0.2, 0.25) is 0 Å². The zero-order valence-electron chi connectivity index (χ0n) is 7.70. The van der Waals surface area contributed by atoms with Crippen molar-refractivity contribution in [1.82, 2.24) is 4.90 Å². The average Bonchev–Trinajstić information content (AvgIpc) is 2.61. The van der Waals surface area contributed by atoms with Crippen LogP contribution in [0.2, 0.25) is 0 Å². The minimum Gasteiger partial charge on any atom is -0.396 e. The van der Waals surface area contributed by atoms with E-state index in [4.69, 9.17) is 5.11 Å². The number of rotatable bonds is 3. The Labute approximate surface area is 82.8 Å². The Bertz CT molecular complexity index is 272. The van der Waals surface area contributed by atoms with Crippen LogP contribution in [0.4, 0.5) is 0 Å². The summed E-state index contributed by atoms with van der Waals surface area (Å²) in [6.07, 6.45) is 2.10. The fraction of sp³-hybridized carbons (Fsp3) is 0.600. The number of nitrogens with zero attached hydrogens (tertiary/aromatic N) is 1. The van der Waals surface area contributed by atoms with Crippen LogP contribution in [0.1, 0.15) is 16.9 Å². The SMILES string of the molecule is OCCCN1CCc2sccc2C1. The smallest absolute Gasteiger partial charge is 0.0443 e. The molecule has 2 heterocycles. The molecule has 0 aliphatic carbocycles. The molecule has 0 atom stereocenters. The number of aliphatic hydroxyl groups excluding tert-OH is 1. The van der Waals surface area contributed by atoms with Crippen molar-refractivity contribution in [3.8, 4) is 0 Å². The summed E-state index contributed by atoms with van der Waals surface area (Å²) in [6.45, 7) is 3.59. The zero-order chi connectivity index (χ0) is 9.10. The van der Waals surface area contributed by atoms with Crippen molar-refractivity contribution in [2.24, 2.45) is 0 Å². The number of thiophene rings is 1. The van der Waals surface area contributed by atoms with Crippen LogP contribution in [0.15, 0.2) is 11.4 Å². The minimum atomic E-state index is 0.312. The van der Waals surface area contributed by atoms with Crippen molar-refractivity contribution in [3.05, 3.63) is 21.9 Å². The lowest BCUT2D eigenvalue weighted by atomic mass is 10.1. The maximum atomic E-state index is 8.73. The lowest BCUT2D eigenvalue weighted by Gasteiger charge is -2.26. The molecule has 1 aliphatic rings. The molecular formula is C10H15NOS. The van der Waals surface area contributed by atoms with Gasteiger partial charge in [0, 0.05) is 31.1 Å². The van der Waals surface area contributed by atoms with E-state index in [1.165, 1.54) is 12.0 Å². The summed E-state index contributed by atoms with van der Waals surface area (Å²) in [7, 11) is 0.